The smallest absolute Gasteiger partial charge is 0.228 e. The van der Waals surface area contributed by atoms with Crippen molar-refractivity contribution in [1.29, 1.82) is 0 Å². The van der Waals surface area contributed by atoms with E-state index < -0.39 is 5.41 Å². The number of hydrogen-bond acceptors (Lipinski definition) is 5. The minimum atomic E-state index is -0.414. The number of benzene rings is 1. The molecule has 0 radical (unpaired) electrons. The molecule has 4 rings (SSSR count). The van der Waals surface area contributed by atoms with Gasteiger partial charge in [-0.2, -0.15) is 0 Å². The van der Waals surface area contributed by atoms with Gasteiger partial charge in [0.15, 0.2) is 0 Å². The van der Waals surface area contributed by atoms with Gasteiger partial charge in [0, 0.05) is 48.4 Å². The van der Waals surface area contributed by atoms with Gasteiger partial charge < -0.3 is 14.5 Å². The van der Waals surface area contributed by atoms with Gasteiger partial charge in [0.2, 0.25) is 11.8 Å². The van der Waals surface area contributed by atoms with E-state index in [1.807, 2.05) is 40.3 Å². The number of aromatic nitrogens is 1. The standard InChI is InChI=1S/C25H32ClN3O3S/c1-19-27-21(16-33-19)14-23(30)29-12-6-9-25(17-29,15-24(31)28-10-3-2-4-11-28)18-32-22-8-5-7-20(26)13-22/h5,7-8,13,16H,2-4,6,9-12,14-15,17-18H2,1H3/t25-/m0/s1. The van der Waals surface area contributed by atoms with Gasteiger partial charge in [0.25, 0.3) is 0 Å². The molecule has 8 heteroatoms. The minimum absolute atomic E-state index is 0.0672. The number of ether oxygens (including phenoxy) is 1. The number of rotatable bonds is 7. The van der Waals surface area contributed by atoms with Gasteiger partial charge in [-0.15, -0.1) is 11.3 Å². The lowest BCUT2D eigenvalue weighted by atomic mass is 9.77. The molecule has 2 aromatic rings. The second-order valence-corrected chi connectivity index (χ2v) is 10.8. The van der Waals surface area contributed by atoms with Crippen molar-refractivity contribution in [3.63, 3.8) is 0 Å². The first-order valence-electron chi connectivity index (χ1n) is 11.8. The predicted molar refractivity (Wildman–Crippen MR) is 131 cm³/mol. The van der Waals surface area contributed by atoms with E-state index in [9.17, 15) is 9.59 Å². The highest BCUT2D eigenvalue weighted by Crippen LogP contribution is 2.36. The number of nitrogens with zero attached hydrogens (tertiary/aromatic N) is 3. The lowest BCUT2D eigenvalue weighted by Crippen LogP contribution is -2.51. The summed E-state index contributed by atoms with van der Waals surface area (Å²) < 4.78 is 6.16. The van der Waals surface area contributed by atoms with Gasteiger partial charge in [-0.05, 0) is 57.2 Å². The number of likely N-dealkylation sites (tertiary alicyclic amines) is 2. The molecular weight excluding hydrogens is 458 g/mol. The zero-order chi connectivity index (χ0) is 23.3. The fourth-order valence-electron chi connectivity index (χ4n) is 4.86. The Kier molecular flexibility index (Phi) is 7.91. The summed E-state index contributed by atoms with van der Waals surface area (Å²) in [7, 11) is 0. The van der Waals surface area contributed by atoms with Crippen LogP contribution in [0, 0.1) is 12.3 Å². The molecule has 178 valence electrons. The van der Waals surface area contributed by atoms with E-state index in [2.05, 4.69) is 4.98 Å². The summed E-state index contributed by atoms with van der Waals surface area (Å²) in [4.78, 5) is 34.7. The maximum absolute atomic E-state index is 13.2. The highest BCUT2D eigenvalue weighted by molar-refractivity contribution is 7.09. The normalized spacial score (nSPS) is 21.2. The van der Waals surface area contributed by atoms with Crippen LogP contribution in [0.15, 0.2) is 29.6 Å². The fourth-order valence-corrected chi connectivity index (χ4v) is 5.65. The van der Waals surface area contributed by atoms with Gasteiger partial charge in [-0.1, -0.05) is 17.7 Å². The molecule has 0 aliphatic carbocycles. The molecule has 3 heterocycles. The molecule has 2 amide bonds. The van der Waals surface area contributed by atoms with Gasteiger partial charge in [0.1, 0.15) is 5.75 Å². The number of amides is 2. The first-order valence-corrected chi connectivity index (χ1v) is 13.0. The molecule has 0 bridgehead atoms. The average molecular weight is 490 g/mol. The van der Waals surface area contributed by atoms with Crippen LogP contribution in [0.3, 0.4) is 0 Å². The molecule has 1 aromatic heterocycles. The lowest BCUT2D eigenvalue weighted by molar-refractivity contribution is -0.141. The average Bonchev–Trinajstić information content (AvgIpc) is 3.23. The van der Waals surface area contributed by atoms with Crippen molar-refractivity contribution in [3.05, 3.63) is 45.4 Å². The van der Waals surface area contributed by atoms with E-state index in [0.29, 0.717) is 43.3 Å². The van der Waals surface area contributed by atoms with Crippen LogP contribution in [-0.2, 0) is 16.0 Å². The molecule has 2 aliphatic heterocycles. The summed E-state index contributed by atoms with van der Waals surface area (Å²) in [5.41, 5.74) is 0.404. The van der Waals surface area contributed by atoms with Crippen molar-refractivity contribution in [3.8, 4) is 5.75 Å². The van der Waals surface area contributed by atoms with Crippen molar-refractivity contribution in [2.45, 2.75) is 51.9 Å². The van der Waals surface area contributed by atoms with Crippen LogP contribution < -0.4 is 4.74 Å². The second kappa shape index (κ2) is 10.9. The predicted octanol–water partition coefficient (Wildman–Crippen LogP) is 4.74. The first kappa shape index (κ1) is 24.0. The Balaban J connectivity index is 1.48. The van der Waals surface area contributed by atoms with Crippen molar-refractivity contribution >= 4 is 34.8 Å². The highest BCUT2D eigenvalue weighted by atomic mass is 35.5. The van der Waals surface area contributed by atoms with E-state index in [1.54, 1.807) is 17.4 Å². The van der Waals surface area contributed by atoms with Crippen LogP contribution in [0.5, 0.6) is 5.75 Å². The van der Waals surface area contributed by atoms with Crippen LogP contribution in [0.4, 0.5) is 0 Å². The van der Waals surface area contributed by atoms with E-state index in [1.165, 1.54) is 6.42 Å². The van der Waals surface area contributed by atoms with Crippen LogP contribution in [0.1, 0.15) is 49.2 Å². The first-order chi connectivity index (χ1) is 15.9. The number of aryl methyl sites for hydroxylation is 1. The van der Waals surface area contributed by atoms with Crippen molar-refractivity contribution < 1.29 is 14.3 Å². The van der Waals surface area contributed by atoms with Crippen LogP contribution in [0.25, 0.3) is 0 Å². The summed E-state index contributed by atoms with van der Waals surface area (Å²) in [5, 5.41) is 3.53. The van der Waals surface area contributed by atoms with E-state index >= 15 is 0 Å². The molecule has 33 heavy (non-hydrogen) atoms. The third-order valence-electron chi connectivity index (χ3n) is 6.59. The monoisotopic (exact) mass is 489 g/mol. The van der Waals surface area contributed by atoms with E-state index in [4.69, 9.17) is 16.3 Å². The number of carbonyl (C=O) groups is 2. The molecule has 0 N–H and O–H groups in total. The van der Waals surface area contributed by atoms with Gasteiger partial charge in [-0.25, -0.2) is 4.98 Å². The van der Waals surface area contributed by atoms with Crippen molar-refractivity contribution in [2.75, 3.05) is 32.8 Å². The SMILES string of the molecule is Cc1nc(CC(=O)N2CCC[C@](COc3cccc(Cl)c3)(CC(=O)N3CCCCC3)C2)cs1. The molecule has 0 saturated carbocycles. The Morgan fingerprint density at radius 1 is 1.12 bits per heavy atom. The van der Waals surface area contributed by atoms with E-state index in [-0.39, 0.29) is 11.8 Å². The minimum Gasteiger partial charge on any atom is -0.493 e. The van der Waals surface area contributed by atoms with E-state index in [0.717, 1.165) is 49.5 Å². The Morgan fingerprint density at radius 3 is 2.64 bits per heavy atom. The molecule has 1 aromatic carbocycles. The Hall–Kier alpha value is -2.12. The number of thiazole rings is 1. The summed E-state index contributed by atoms with van der Waals surface area (Å²) in [5.74, 6) is 0.931. The maximum Gasteiger partial charge on any atom is 0.228 e. The zero-order valence-electron chi connectivity index (χ0n) is 19.2. The van der Waals surface area contributed by atoms with Gasteiger partial charge in [-0.3, -0.25) is 9.59 Å². The summed E-state index contributed by atoms with van der Waals surface area (Å²) >= 11 is 7.69. The fraction of sp³-hybridized carbons (Fsp3) is 0.560. The van der Waals surface area contributed by atoms with Gasteiger partial charge in [0.05, 0.1) is 23.7 Å². The molecule has 2 fully saturated rings. The second-order valence-electron chi connectivity index (χ2n) is 9.32. The molecule has 2 saturated heterocycles. The maximum atomic E-state index is 13.2. The number of halogens is 1. The molecule has 0 unspecified atom stereocenters. The van der Waals surface area contributed by atoms with Gasteiger partial charge >= 0.3 is 0 Å². The van der Waals surface area contributed by atoms with Crippen molar-refractivity contribution in [2.24, 2.45) is 5.41 Å². The largest absolute Gasteiger partial charge is 0.493 e. The quantitative estimate of drug-likeness (QED) is 0.563. The number of hydrogen-bond donors (Lipinski definition) is 0. The molecule has 2 aliphatic rings. The molecule has 6 nitrogen and oxygen atoms in total. The summed E-state index contributed by atoms with van der Waals surface area (Å²) in [6.45, 7) is 5.22. The van der Waals surface area contributed by atoms with Crippen LogP contribution in [0.2, 0.25) is 5.02 Å². The van der Waals surface area contributed by atoms with Crippen molar-refractivity contribution in [1.82, 2.24) is 14.8 Å². The molecule has 0 spiro atoms. The number of piperidine rings is 2. The third-order valence-corrected chi connectivity index (χ3v) is 7.65. The Labute approximate surface area is 204 Å². The van der Waals surface area contributed by atoms with Crippen LogP contribution in [-0.4, -0.2) is 59.4 Å². The topological polar surface area (TPSA) is 62.7 Å². The van der Waals surface area contributed by atoms with Crippen LogP contribution >= 0.6 is 22.9 Å². The highest BCUT2D eigenvalue weighted by Gasteiger charge is 2.41. The summed E-state index contributed by atoms with van der Waals surface area (Å²) in [6.07, 6.45) is 5.72. The Bertz CT molecular complexity index is 975. The third kappa shape index (κ3) is 6.48. The number of carbonyl (C=O) groups excluding carboxylic acids is 2. The molecule has 1 atom stereocenters. The summed E-state index contributed by atoms with van der Waals surface area (Å²) in [6, 6.07) is 7.33. The Morgan fingerprint density at radius 2 is 1.91 bits per heavy atom. The lowest BCUT2D eigenvalue weighted by Gasteiger charge is -2.43. The zero-order valence-corrected chi connectivity index (χ0v) is 20.8. The molecular formula is C25H32ClN3O3S.